The normalized spacial score (nSPS) is 12.2. The van der Waals surface area contributed by atoms with E-state index < -0.39 is 5.91 Å². The molecule has 0 radical (unpaired) electrons. The molecule has 1 aliphatic rings. The van der Waals surface area contributed by atoms with E-state index in [0.717, 1.165) is 11.1 Å². The molecule has 0 saturated carbocycles. The van der Waals surface area contributed by atoms with Crippen LogP contribution in [0, 0.1) is 0 Å². The van der Waals surface area contributed by atoms with Crippen LogP contribution in [0.3, 0.4) is 0 Å². The summed E-state index contributed by atoms with van der Waals surface area (Å²) in [6.07, 6.45) is 0. The van der Waals surface area contributed by atoms with E-state index in [2.05, 4.69) is 21.2 Å². The van der Waals surface area contributed by atoms with Crippen LogP contribution >= 0.6 is 15.9 Å². The molecule has 1 amide bonds. The highest BCUT2D eigenvalue weighted by Gasteiger charge is 2.34. The number of carbonyl (C=O) groups excluding carboxylic acids is 3. The second kappa shape index (κ2) is 8.15. The minimum absolute atomic E-state index is 0.0998. The highest BCUT2D eigenvalue weighted by atomic mass is 79.9. The van der Waals surface area contributed by atoms with Gasteiger partial charge in [0.05, 0.1) is 22.5 Å². The van der Waals surface area contributed by atoms with E-state index in [1.165, 1.54) is 0 Å². The van der Waals surface area contributed by atoms with Crippen molar-refractivity contribution in [3.8, 4) is 11.1 Å². The van der Waals surface area contributed by atoms with Gasteiger partial charge in [0.1, 0.15) is 0 Å². The second-order valence-electron chi connectivity index (χ2n) is 7.67. The molecular formula is C27H17BrN2O3. The van der Waals surface area contributed by atoms with E-state index in [1.807, 2.05) is 42.5 Å². The Labute approximate surface area is 198 Å². The van der Waals surface area contributed by atoms with Gasteiger partial charge in [-0.25, -0.2) is 0 Å². The van der Waals surface area contributed by atoms with Gasteiger partial charge in [-0.15, -0.1) is 0 Å². The lowest BCUT2D eigenvalue weighted by molar-refractivity contribution is 0.0979. The van der Waals surface area contributed by atoms with Gasteiger partial charge in [0.25, 0.3) is 5.91 Å². The topological polar surface area (TPSA) is 89.3 Å². The summed E-state index contributed by atoms with van der Waals surface area (Å²) in [6, 6.07) is 25.2. The number of anilines is 2. The van der Waals surface area contributed by atoms with Crippen molar-refractivity contribution in [2.45, 2.75) is 0 Å². The Morgan fingerprint density at radius 3 is 1.91 bits per heavy atom. The Kier molecular flexibility index (Phi) is 5.15. The van der Waals surface area contributed by atoms with Crippen LogP contribution in [0.4, 0.5) is 11.4 Å². The van der Waals surface area contributed by atoms with Crippen LogP contribution < -0.4 is 11.1 Å². The van der Waals surface area contributed by atoms with Gasteiger partial charge in [0.15, 0.2) is 11.6 Å². The lowest BCUT2D eigenvalue weighted by Crippen LogP contribution is -2.25. The number of carbonyl (C=O) groups is 3. The van der Waals surface area contributed by atoms with Crippen molar-refractivity contribution >= 4 is 44.8 Å². The molecule has 0 saturated heterocycles. The van der Waals surface area contributed by atoms with Gasteiger partial charge < -0.3 is 11.1 Å². The van der Waals surface area contributed by atoms with Gasteiger partial charge in [-0.05, 0) is 45.3 Å². The molecule has 5 nitrogen and oxygen atoms in total. The molecule has 0 aliphatic heterocycles. The van der Waals surface area contributed by atoms with Crippen molar-refractivity contribution in [1.82, 2.24) is 0 Å². The fourth-order valence-electron chi connectivity index (χ4n) is 4.02. The molecule has 0 bridgehead atoms. The summed E-state index contributed by atoms with van der Waals surface area (Å²) in [4.78, 5) is 39.4. The zero-order valence-electron chi connectivity index (χ0n) is 17.3. The number of hydrogen-bond acceptors (Lipinski definition) is 4. The van der Waals surface area contributed by atoms with Crippen LogP contribution in [0.2, 0.25) is 0 Å². The summed E-state index contributed by atoms with van der Waals surface area (Å²) < 4.78 is 0.427. The summed E-state index contributed by atoms with van der Waals surface area (Å²) in [5.74, 6) is -1.09. The van der Waals surface area contributed by atoms with Crippen molar-refractivity contribution in [3.05, 3.63) is 117 Å². The third-order valence-electron chi connectivity index (χ3n) is 5.69. The summed E-state index contributed by atoms with van der Waals surface area (Å²) >= 11 is 3.35. The first-order valence-electron chi connectivity index (χ1n) is 10.2. The quantitative estimate of drug-likeness (QED) is 0.312. The molecular weight excluding hydrogens is 480 g/mol. The Morgan fingerprint density at radius 2 is 1.27 bits per heavy atom. The van der Waals surface area contributed by atoms with Crippen molar-refractivity contribution in [1.29, 1.82) is 0 Å². The lowest BCUT2D eigenvalue weighted by Gasteiger charge is -2.22. The van der Waals surface area contributed by atoms with E-state index in [9.17, 15) is 14.4 Å². The van der Waals surface area contributed by atoms with E-state index in [-0.39, 0.29) is 34.1 Å². The van der Waals surface area contributed by atoms with Gasteiger partial charge in [-0.1, -0.05) is 66.7 Å². The number of hydrogen-bond donors (Lipinski definition) is 2. The van der Waals surface area contributed by atoms with Gasteiger partial charge in [-0.2, -0.15) is 0 Å². The van der Waals surface area contributed by atoms with E-state index >= 15 is 0 Å². The Bertz CT molecular complexity index is 1440. The standard InChI is InChI=1S/C27H17BrN2O3/c28-20-14-21(22-23(24(20)29)26(32)19-9-5-4-8-18(19)25(22)31)30-27(33)17-12-10-16(11-13-17)15-6-2-1-3-7-15/h1-14H,29H2,(H,30,33). The number of nitrogens with one attached hydrogen (secondary N) is 1. The maximum atomic E-state index is 13.3. The Balaban J connectivity index is 1.52. The number of nitrogen functional groups attached to an aromatic ring is 1. The van der Waals surface area contributed by atoms with Crippen LogP contribution in [0.5, 0.6) is 0 Å². The van der Waals surface area contributed by atoms with E-state index in [1.54, 1.807) is 42.5 Å². The number of halogens is 1. The van der Waals surface area contributed by atoms with Gasteiger partial charge in [-0.3, -0.25) is 14.4 Å². The van der Waals surface area contributed by atoms with Crippen LogP contribution in [-0.2, 0) is 0 Å². The summed E-state index contributed by atoms with van der Waals surface area (Å²) in [6.45, 7) is 0. The van der Waals surface area contributed by atoms with E-state index in [4.69, 9.17) is 5.73 Å². The fraction of sp³-hybridized carbons (Fsp3) is 0. The predicted molar refractivity (Wildman–Crippen MR) is 132 cm³/mol. The fourth-order valence-corrected chi connectivity index (χ4v) is 4.45. The molecule has 1 aliphatic carbocycles. The van der Waals surface area contributed by atoms with Crippen molar-refractivity contribution in [2.75, 3.05) is 11.1 Å². The number of benzene rings is 4. The first kappa shape index (κ1) is 20.8. The number of amides is 1. The molecule has 5 rings (SSSR count). The first-order chi connectivity index (χ1) is 16.0. The molecule has 6 heteroatoms. The van der Waals surface area contributed by atoms with Gasteiger partial charge in [0, 0.05) is 21.2 Å². The molecule has 4 aromatic carbocycles. The van der Waals surface area contributed by atoms with Crippen LogP contribution in [0.1, 0.15) is 42.2 Å². The number of ketones is 2. The predicted octanol–water partition coefficient (Wildman–Crippen LogP) is 5.73. The van der Waals surface area contributed by atoms with E-state index in [0.29, 0.717) is 21.2 Å². The third kappa shape index (κ3) is 3.54. The van der Waals surface area contributed by atoms with Crippen molar-refractivity contribution in [3.63, 3.8) is 0 Å². The summed E-state index contributed by atoms with van der Waals surface area (Å²) in [5.41, 5.74) is 9.81. The summed E-state index contributed by atoms with van der Waals surface area (Å²) in [5, 5.41) is 2.80. The van der Waals surface area contributed by atoms with Crippen molar-refractivity contribution in [2.24, 2.45) is 0 Å². The smallest absolute Gasteiger partial charge is 0.255 e. The molecule has 0 aromatic heterocycles. The number of fused-ring (bicyclic) bond motifs is 2. The average molecular weight is 497 g/mol. The lowest BCUT2D eigenvalue weighted by atomic mass is 9.82. The van der Waals surface area contributed by atoms with Crippen LogP contribution in [-0.4, -0.2) is 17.5 Å². The first-order valence-corrected chi connectivity index (χ1v) is 11.0. The average Bonchev–Trinajstić information content (AvgIpc) is 2.85. The minimum Gasteiger partial charge on any atom is -0.397 e. The highest BCUT2D eigenvalue weighted by Crippen LogP contribution is 2.39. The number of rotatable bonds is 3. The molecule has 0 spiro atoms. The largest absolute Gasteiger partial charge is 0.397 e. The maximum Gasteiger partial charge on any atom is 0.255 e. The number of nitrogens with two attached hydrogens (primary N) is 1. The second-order valence-corrected chi connectivity index (χ2v) is 8.53. The van der Waals surface area contributed by atoms with Gasteiger partial charge >= 0.3 is 0 Å². The Morgan fingerprint density at radius 1 is 0.727 bits per heavy atom. The SMILES string of the molecule is Nc1c(Br)cc(NC(=O)c2ccc(-c3ccccc3)cc2)c2c1C(=O)c1ccccc1C2=O. The zero-order chi connectivity index (χ0) is 23.1. The molecule has 0 heterocycles. The van der Waals surface area contributed by atoms with Crippen LogP contribution in [0.25, 0.3) is 11.1 Å². The van der Waals surface area contributed by atoms with Crippen LogP contribution in [0.15, 0.2) is 89.4 Å². The maximum absolute atomic E-state index is 13.3. The molecule has 4 aromatic rings. The molecule has 33 heavy (non-hydrogen) atoms. The van der Waals surface area contributed by atoms with Gasteiger partial charge in [0.2, 0.25) is 0 Å². The monoisotopic (exact) mass is 496 g/mol. The zero-order valence-corrected chi connectivity index (χ0v) is 18.8. The molecule has 0 unspecified atom stereocenters. The molecule has 160 valence electrons. The highest BCUT2D eigenvalue weighted by molar-refractivity contribution is 9.10. The molecule has 0 fully saturated rings. The third-order valence-corrected chi connectivity index (χ3v) is 6.35. The summed E-state index contributed by atoms with van der Waals surface area (Å²) in [7, 11) is 0. The molecule has 3 N–H and O–H groups in total. The molecule has 0 atom stereocenters. The van der Waals surface area contributed by atoms with Crippen molar-refractivity contribution < 1.29 is 14.4 Å². The Hall–Kier alpha value is -4.03. The minimum atomic E-state index is -0.396.